The number of aromatic amines is 1. The molecule has 2 heterocycles. The van der Waals surface area contributed by atoms with Crippen LogP contribution in [0.3, 0.4) is 0 Å². The number of nitrogens with zero attached hydrogens (tertiary/aromatic N) is 2. The molecule has 0 saturated carbocycles. The van der Waals surface area contributed by atoms with Crippen LogP contribution in [0, 0.1) is 5.92 Å². The summed E-state index contributed by atoms with van der Waals surface area (Å²) in [5.41, 5.74) is 1.98. The Balaban J connectivity index is 1.47. The third-order valence-electron chi connectivity index (χ3n) is 6.02. The molecule has 10 nitrogen and oxygen atoms in total. The normalized spacial score (nSPS) is 14.8. The minimum Gasteiger partial charge on any atom is -0.435 e. The van der Waals surface area contributed by atoms with E-state index < -0.39 is 30.2 Å². The molecule has 2 amide bonds. The van der Waals surface area contributed by atoms with Gasteiger partial charge in [-0.15, -0.1) is 0 Å². The summed E-state index contributed by atoms with van der Waals surface area (Å²) in [5, 5.41) is 12.3. The first kappa shape index (κ1) is 27.9. The number of carbonyl (C=O) groups excluding carboxylic acids is 3. The van der Waals surface area contributed by atoms with Gasteiger partial charge in [-0.25, -0.2) is 4.79 Å². The van der Waals surface area contributed by atoms with Crippen LogP contribution in [0.1, 0.15) is 41.0 Å². The van der Waals surface area contributed by atoms with Crippen LogP contribution >= 0.6 is 0 Å². The molecule has 1 saturated heterocycles. The number of aromatic nitrogens is 2. The lowest BCUT2D eigenvalue weighted by Crippen LogP contribution is -2.42. The number of fused-ring (bicyclic) bond motifs is 1. The highest BCUT2D eigenvalue weighted by molar-refractivity contribution is 6.09. The summed E-state index contributed by atoms with van der Waals surface area (Å²) in [5.74, 6) is -3.55. The summed E-state index contributed by atoms with van der Waals surface area (Å²) in [6.45, 7) is 6.25. The van der Waals surface area contributed by atoms with Gasteiger partial charge in [0, 0.05) is 41.7 Å². The standard InChI is InChI=1S/C26H28F3N5O5/c1-15(2)13-21(39-25(37)26(27,28)29)30-24(36)17-5-8-20-19(14-17)22(33-32-20)31-23(35)16-3-6-18(7-4-16)34-9-11-38-12-10-34/h3-8,14-15,21H,9-13H2,1-2H3,(H,30,36)(H2,31,32,33,35). The summed E-state index contributed by atoms with van der Waals surface area (Å²) in [6.07, 6.45) is -6.69. The smallest absolute Gasteiger partial charge is 0.435 e. The highest BCUT2D eigenvalue weighted by Crippen LogP contribution is 2.24. The van der Waals surface area contributed by atoms with Crippen molar-refractivity contribution in [2.45, 2.75) is 32.7 Å². The van der Waals surface area contributed by atoms with Crippen molar-refractivity contribution in [2.75, 3.05) is 36.5 Å². The maximum atomic E-state index is 12.9. The molecule has 0 radical (unpaired) electrons. The fourth-order valence-electron chi connectivity index (χ4n) is 4.07. The molecular weight excluding hydrogens is 519 g/mol. The number of carbonyl (C=O) groups is 3. The number of amides is 2. The van der Waals surface area contributed by atoms with Gasteiger partial charge in [-0.05, 0) is 48.4 Å². The van der Waals surface area contributed by atoms with Gasteiger partial charge < -0.3 is 25.0 Å². The first-order valence-electron chi connectivity index (χ1n) is 12.3. The van der Waals surface area contributed by atoms with Crippen molar-refractivity contribution in [1.82, 2.24) is 15.5 Å². The van der Waals surface area contributed by atoms with E-state index in [9.17, 15) is 27.6 Å². The summed E-state index contributed by atoms with van der Waals surface area (Å²) in [4.78, 5) is 39.2. The van der Waals surface area contributed by atoms with Crippen LogP contribution in [-0.4, -0.2) is 66.7 Å². The van der Waals surface area contributed by atoms with Crippen LogP contribution < -0.4 is 15.5 Å². The van der Waals surface area contributed by atoms with Crippen LogP contribution in [0.2, 0.25) is 0 Å². The highest BCUT2D eigenvalue weighted by atomic mass is 19.4. The molecule has 1 unspecified atom stereocenters. The highest BCUT2D eigenvalue weighted by Gasteiger charge is 2.42. The van der Waals surface area contributed by atoms with E-state index in [1.54, 1.807) is 32.0 Å². The van der Waals surface area contributed by atoms with E-state index in [0.717, 1.165) is 18.8 Å². The van der Waals surface area contributed by atoms with Gasteiger partial charge in [0.2, 0.25) is 0 Å². The number of hydrogen-bond donors (Lipinski definition) is 3. The zero-order valence-electron chi connectivity index (χ0n) is 21.3. The number of rotatable bonds is 8. The number of ether oxygens (including phenoxy) is 2. The minimum absolute atomic E-state index is 0.0207. The number of morpholine rings is 1. The number of nitrogens with one attached hydrogen (secondary N) is 3. The molecule has 208 valence electrons. The van der Waals surface area contributed by atoms with Crippen LogP contribution in [0.25, 0.3) is 10.9 Å². The number of esters is 1. The van der Waals surface area contributed by atoms with Gasteiger partial charge in [-0.1, -0.05) is 13.8 Å². The van der Waals surface area contributed by atoms with Crippen molar-refractivity contribution in [3.05, 3.63) is 53.6 Å². The van der Waals surface area contributed by atoms with Crippen molar-refractivity contribution in [1.29, 1.82) is 0 Å². The number of benzene rings is 2. The van der Waals surface area contributed by atoms with Crippen LogP contribution in [0.4, 0.5) is 24.7 Å². The molecule has 0 bridgehead atoms. The first-order chi connectivity index (χ1) is 18.5. The molecule has 2 aromatic carbocycles. The lowest BCUT2D eigenvalue weighted by Gasteiger charge is -2.28. The summed E-state index contributed by atoms with van der Waals surface area (Å²) < 4.78 is 47.9. The maximum Gasteiger partial charge on any atom is 0.491 e. The average molecular weight is 548 g/mol. The van der Waals surface area contributed by atoms with Crippen molar-refractivity contribution in [3.8, 4) is 0 Å². The number of H-pyrrole nitrogens is 1. The zero-order chi connectivity index (χ0) is 28.2. The summed E-state index contributed by atoms with van der Waals surface area (Å²) in [6, 6.07) is 11.5. The second-order valence-corrected chi connectivity index (χ2v) is 9.43. The molecule has 1 fully saturated rings. The Morgan fingerprint density at radius 3 is 2.36 bits per heavy atom. The van der Waals surface area contributed by atoms with E-state index in [0.29, 0.717) is 29.7 Å². The van der Waals surface area contributed by atoms with Gasteiger partial charge in [0.1, 0.15) is 0 Å². The molecule has 3 N–H and O–H groups in total. The zero-order valence-corrected chi connectivity index (χ0v) is 21.3. The molecule has 1 atom stereocenters. The lowest BCUT2D eigenvalue weighted by molar-refractivity contribution is -0.206. The predicted molar refractivity (Wildman–Crippen MR) is 136 cm³/mol. The van der Waals surface area contributed by atoms with E-state index in [1.165, 1.54) is 12.1 Å². The van der Waals surface area contributed by atoms with Gasteiger partial charge in [-0.2, -0.15) is 18.3 Å². The lowest BCUT2D eigenvalue weighted by atomic mass is 10.1. The monoisotopic (exact) mass is 547 g/mol. The molecule has 39 heavy (non-hydrogen) atoms. The van der Waals surface area contributed by atoms with Crippen molar-refractivity contribution >= 4 is 40.2 Å². The van der Waals surface area contributed by atoms with E-state index >= 15 is 0 Å². The van der Waals surface area contributed by atoms with E-state index in [4.69, 9.17) is 4.74 Å². The average Bonchev–Trinajstić information content (AvgIpc) is 3.30. The Kier molecular flexibility index (Phi) is 8.38. The first-order valence-corrected chi connectivity index (χ1v) is 12.3. The molecule has 1 aliphatic heterocycles. The quantitative estimate of drug-likeness (QED) is 0.289. The van der Waals surface area contributed by atoms with Crippen molar-refractivity contribution in [3.63, 3.8) is 0 Å². The Morgan fingerprint density at radius 1 is 1.05 bits per heavy atom. The fourth-order valence-corrected chi connectivity index (χ4v) is 4.07. The topological polar surface area (TPSA) is 126 Å². The second kappa shape index (κ2) is 11.7. The van der Waals surface area contributed by atoms with Gasteiger partial charge in [0.25, 0.3) is 11.8 Å². The van der Waals surface area contributed by atoms with Crippen molar-refractivity contribution in [2.24, 2.45) is 5.92 Å². The number of hydrogen-bond acceptors (Lipinski definition) is 7. The maximum absolute atomic E-state index is 12.9. The van der Waals surface area contributed by atoms with E-state index in [1.807, 2.05) is 12.1 Å². The Bertz CT molecular complexity index is 1330. The van der Waals surface area contributed by atoms with Gasteiger partial charge >= 0.3 is 12.1 Å². The second-order valence-electron chi connectivity index (χ2n) is 9.43. The molecule has 0 aliphatic carbocycles. The molecule has 1 aliphatic rings. The molecule has 3 aromatic rings. The number of halogens is 3. The van der Waals surface area contributed by atoms with Crippen molar-refractivity contribution < 1.29 is 37.0 Å². The van der Waals surface area contributed by atoms with Crippen LogP contribution in [0.15, 0.2) is 42.5 Å². The molecule has 1 aromatic heterocycles. The van der Waals surface area contributed by atoms with E-state index in [2.05, 4.69) is 30.5 Å². The predicted octanol–water partition coefficient (Wildman–Crippen LogP) is 3.86. The molecule has 0 spiro atoms. The third-order valence-corrected chi connectivity index (χ3v) is 6.02. The number of alkyl halides is 3. The van der Waals surface area contributed by atoms with Gasteiger partial charge in [0.15, 0.2) is 12.0 Å². The molecular formula is C26H28F3N5O5. The van der Waals surface area contributed by atoms with Gasteiger partial charge in [0.05, 0.1) is 18.7 Å². The Morgan fingerprint density at radius 2 is 1.72 bits per heavy atom. The van der Waals surface area contributed by atoms with Crippen LogP contribution in [0.5, 0.6) is 0 Å². The molecule has 13 heteroatoms. The Labute approximate surface area is 221 Å². The summed E-state index contributed by atoms with van der Waals surface area (Å²) in [7, 11) is 0. The van der Waals surface area contributed by atoms with Crippen LogP contribution in [-0.2, 0) is 14.3 Å². The SMILES string of the molecule is CC(C)CC(NC(=O)c1ccc2[nH]nc(NC(=O)c3ccc(N4CCOCC4)cc3)c2c1)OC(=O)C(F)(F)F. The number of anilines is 2. The Hall–Kier alpha value is -4.13. The fraction of sp³-hybridized carbons (Fsp3) is 0.385. The van der Waals surface area contributed by atoms with Gasteiger partial charge in [-0.3, -0.25) is 14.7 Å². The van der Waals surface area contributed by atoms with E-state index in [-0.39, 0.29) is 23.7 Å². The molecule has 4 rings (SSSR count). The summed E-state index contributed by atoms with van der Waals surface area (Å²) >= 11 is 0. The largest absolute Gasteiger partial charge is 0.491 e. The third kappa shape index (κ3) is 7.05. The minimum atomic E-state index is -5.19.